The van der Waals surface area contributed by atoms with Gasteiger partial charge in [-0.25, -0.2) is 14.8 Å². The minimum absolute atomic E-state index is 0.0212. The number of hydrogen-bond donors (Lipinski definition) is 2. The Bertz CT molecular complexity index is 1220. The average Bonchev–Trinajstić information content (AvgIpc) is 2.93. The number of nitrogens with zero attached hydrogens (tertiary/aromatic N) is 4. The van der Waals surface area contributed by atoms with Gasteiger partial charge < -0.3 is 25.2 Å². The van der Waals surface area contributed by atoms with E-state index in [1.54, 1.807) is 29.2 Å². The Kier molecular flexibility index (Phi) is 9.23. The minimum atomic E-state index is -4.67. The molecule has 2 heterocycles. The smallest absolute Gasteiger partial charge is 0.419 e. The van der Waals surface area contributed by atoms with Crippen LogP contribution in [-0.4, -0.2) is 83.9 Å². The molecule has 2 aliphatic rings. The maximum atomic E-state index is 13.8. The number of esters is 1. The molecule has 40 heavy (non-hydrogen) atoms. The predicted molar refractivity (Wildman–Crippen MR) is 140 cm³/mol. The Balaban J connectivity index is 1.49. The first-order chi connectivity index (χ1) is 19.0. The van der Waals surface area contributed by atoms with Crippen LogP contribution in [-0.2, 0) is 26.9 Å². The van der Waals surface area contributed by atoms with Crippen LogP contribution in [0.3, 0.4) is 0 Å². The molecule has 2 amide bonds. The zero-order valence-electron chi connectivity index (χ0n) is 22.5. The van der Waals surface area contributed by atoms with Gasteiger partial charge in [0.05, 0.1) is 18.4 Å². The summed E-state index contributed by atoms with van der Waals surface area (Å²) in [6, 6.07) is 6.14. The van der Waals surface area contributed by atoms with Crippen LogP contribution >= 0.6 is 0 Å². The highest BCUT2D eigenvalue weighted by atomic mass is 19.4. The zero-order chi connectivity index (χ0) is 28.9. The number of ether oxygens (including phenoxy) is 1. The lowest BCUT2D eigenvalue weighted by atomic mass is 9.81. The van der Waals surface area contributed by atoms with Crippen LogP contribution in [0.15, 0.2) is 30.5 Å². The quantitative estimate of drug-likeness (QED) is 0.408. The molecule has 1 saturated carbocycles. The van der Waals surface area contributed by atoms with Gasteiger partial charge in [0.2, 0.25) is 5.95 Å². The van der Waals surface area contributed by atoms with E-state index in [0.717, 1.165) is 39.2 Å². The van der Waals surface area contributed by atoms with Crippen molar-refractivity contribution >= 4 is 29.4 Å². The number of piperazine rings is 1. The molecular weight excluding hydrogens is 529 g/mol. The Morgan fingerprint density at radius 3 is 2.38 bits per heavy atom. The molecule has 2 fully saturated rings. The number of nitrogens with one attached hydrogen (secondary N) is 2. The van der Waals surface area contributed by atoms with Crippen molar-refractivity contribution in [3.8, 4) is 0 Å². The molecular formula is C27H33F3N6O4. The van der Waals surface area contributed by atoms with Crippen molar-refractivity contribution in [2.45, 2.75) is 44.3 Å². The third-order valence-electron chi connectivity index (χ3n) is 7.40. The van der Waals surface area contributed by atoms with Crippen LogP contribution in [0.1, 0.15) is 47.3 Å². The molecule has 216 valence electrons. The summed E-state index contributed by atoms with van der Waals surface area (Å²) in [5, 5.41) is 5.53. The Morgan fingerprint density at radius 2 is 1.73 bits per heavy atom. The number of carbonyl (C=O) groups is 3. The number of aromatic nitrogens is 2. The molecule has 2 aromatic rings. The van der Waals surface area contributed by atoms with Crippen molar-refractivity contribution in [1.29, 1.82) is 0 Å². The molecule has 0 spiro atoms. The topological polar surface area (TPSA) is 117 Å². The number of anilines is 2. The van der Waals surface area contributed by atoms with E-state index in [2.05, 4.69) is 30.2 Å². The lowest BCUT2D eigenvalue weighted by molar-refractivity contribution is -0.153. The molecule has 0 radical (unpaired) electrons. The second-order valence-electron chi connectivity index (χ2n) is 10.2. The lowest BCUT2D eigenvalue weighted by Gasteiger charge is -2.32. The van der Waals surface area contributed by atoms with E-state index in [9.17, 15) is 27.6 Å². The first-order valence-corrected chi connectivity index (χ1v) is 13.2. The number of alkyl halides is 3. The van der Waals surface area contributed by atoms with Crippen molar-refractivity contribution in [2.24, 2.45) is 5.92 Å². The second-order valence-corrected chi connectivity index (χ2v) is 10.2. The first kappa shape index (κ1) is 29.2. The van der Waals surface area contributed by atoms with Crippen LogP contribution < -0.4 is 10.6 Å². The van der Waals surface area contributed by atoms with Gasteiger partial charge in [0.25, 0.3) is 5.91 Å². The fourth-order valence-electron chi connectivity index (χ4n) is 5.10. The summed E-state index contributed by atoms with van der Waals surface area (Å²) < 4.78 is 46.0. The van der Waals surface area contributed by atoms with Gasteiger partial charge in [-0.2, -0.15) is 13.2 Å². The number of halogens is 3. The van der Waals surface area contributed by atoms with Gasteiger partial charge in [-0.1, -0.05) is 12.8 Å². The molecule has 2 N–H and O–H groups in total. The van der Waals surface area contributed by atoms with Gasteiger partial charge in [0.1, 0.15) is 0 Å². The highest BCUT2D eigenvalue weighted by molar-refractivity contribution is 6.32. The number of likely N-dealkylation sites (N-methyl/N-ethyl adjacent to an activating group) is 1. The summed E-state index contributed by atoms with van der Waals surface area (Å²) in [5.41, 5.74) is -0.117. The van der Waals surface area contributed by atoms with Gasteiger partial charge in [0.15, 0.2) is 0 Å². The van der Waals surface area contributed by atoms with Crippen molar-refractivity contribution in [1.82, 2.24) is 25.1 Å². The fraction of sp³-hybridized carbons (Fsp3) is 0.519. The molecule has 13 heteroatoms. The second kappa shape index (κ2) is 12.6. The summed E-state index contributed by atoms with van der Waals surface area (Å²) >= 11 is 0. The largest absolute Gasteiger partial charge is 0.462 e. The molecule has 1 aromatic heterocycles. The third-order valence-corrected chi connectivity index (χ3v) is 7.40. The van der Waals surface area contributed by atoms with E-state index in [4.69, 9.17) is 0 Å². The average molecular weight is 563 g/mol. The molecule has 1 aliphatic heterocycles. The van der Waals surface area contributed by atoms with E-state index >= 15 is 0 Å². The normalized spacial score (nSPS) is 20.1. The van der Waals surface area contributed by atoms with Crippen LogP contribution in [0, 0.1) is 5.92 Å². The van der Waals surface area contributed by atoms with Gasteiger partial charge in [-0.15, -0.1) is 0 Å². The van der Waals surface area contributed by atoms with E-state index in [1.165, 1.54) is 0 Å². The standard InChI is InChI=1S/C27H33F3N6O4/c1-35-11-13-36(14-12-35)24(38)17-7-9-19(10-8-17)32-26-31-16-20(27(28,29)30)22(34-26)15-18-5-3-4-6-21(18)33-23(37)25(39)40-2/h7-10,16,18,21H,3-6,11-15H2,1-2H3,(H,33,37)(H,31,32,34)/t18-,21-/m0/s1. The molecule has 1 aromatic carbocycles. The van der Waals surface area contributed by atoms with Crippen molar-refractivity contribution in [3.63, 3.8) is 0 Å². The van der Waals surface area contributed by atoms with E-state index in [0.29, 0.717) is 37.2 Å². The Morgan fingerprint density at radius 1 is 1.05 bits per heavy atom. The highest BCUT2D eigenvalue weighted by Gasteiger charge is 2.37. The monoisotopic (exact) mass is 562 g/mol. The number of methoxy groups -OCH3 is 1. The molecule has 10 nitrogen and oxygen atoms in total. The van der Waals surface area contributed by atoms with Crippen LogP contribution in [0.5, 0.6) is 0 Å². The molecule has 0 unspecified atom stereocenters. The Hall–Kier alpha value is -3.74. The summed E-state index contributed by atoms with van der Waals surface area (Å²) in [7, 11) is 3.10. The van der Waals surface area contributed by atoms with Gasteiger partial charge >= 0.3 is 18.1 Å². The van der Waals surface area contributed by atoms with Crippen molar-refractivity contribution < 1.29 is 32.3 Å². The molecule has 1 saturated heterocycles. The first-order valence-electron chi connectivity index (χ1n) is 13.2. The van der Waals surface area contributed by atoms with E-state index in [1.807, 2.05) is 7.05 Å². The molecule has 4 rings (SSSR count). The number of amides is 2. The number of hydrogen-bond acceptors (Lipinski definition) is 8. The van der Waals surface area contributed by atoms with Gasteiger partial charge in [-0.05, 0) is 56.5 Å². The molecule has 2 atom stereocenters. The third kappa shape index (κ3) is 7.26. The maximum Gasteiger partial charge on any atom is 0.419 e. The summed E-state index contributed by atoms with van der Waals surface area (Å²) in [6.07, 6.45) is -1.32. The summed E-state index contributed by atoms with van der Waals surface area (Å²) in [6.45, 7) is 2.90. The van der Waals surface area contributed by atoms with Crippen LogP contribution in [0.2, 0.25) is 0 Å². The minimum Gasteiger partial charge on any atom is -0.462 e. The number of benzene rings is 1. The van der Waals surface area contributed by atoms with Gasteiger partial charge in [-0.3, -0.25) is 9.59 Å². The van der Waals surface area contributed by atoms with E-state index in [-0.39, 0.29) is 29.9 Å². The molecule has 0 bridgehead atoms. The van der Waals surface area contributed by atoms with E-state index < -0.39 is 29.7 Å². The fourth-order valence-corrected chi connectivity index (χ4v) is 5.10. The maximum absolute atomic E-state index is 13.8. The Labute approximate surface area is 230 Å². The lowest BCUT2D eigenvalue weighted by Crippen LogP contribution is -2.47. The van der Waals surface area contributed by atoms with Gasteiger partial charge in [0, 0.05) is 49.7 Å². The number of rotatable bonds is 6. The molecule has 1 aliphatic carbocycles. The van der Waals surface area contributed by atoms with Crippen molar-refractivity contribution in [3.05, 3.63) is 47.3 Å². The predicted octanol–water partition coefficient (Wildman–Crippen LogP) is 3.02. The summed E-state index contributed by atoms with van der Waals surface area (Å²) in [4.78, 5) is 48.5. The van der Waals surface area contributed by atoms with Crippen LogP contribution in [0.25, 0.3) is 0 Å². The van der Waals surface area contributed by atoms with Crippen LogP contribution in [0.4, 0.5) is 24.8 Å². The van der Waals surface area contributed by atoms with Crippen molar-refractivity contribution in [2.75, 3.05) is 45.7 Å². The highest BCUT2D eigenvalue weighted by Crippen LogP contribution is 2.35. The number of carbonyl (C=O) groups excluding carboxylic acids is 3. The SMILES string of the molecule is COC(=O)C(=O)N[C@H]1CCCC[C@H]1Cc1nc(Nc2ccc(C(=O)N3CCN(C)CC3)cc2)ncc1C(F)(F)F. The zero-order valence-corrected chi connectivity index (χ0v) is 22.5. The summed E-state index contributed by atoms with van der Waals surface area (Å²) in [5.74, 6) is -2.42.